The Kier molecular flexibility index (Phi) is 2.65. The van der Waals surface area contributed by atoms with Gasteiger partial charge in [0.25, 0.3) is 0 Å². The highest BCUT2D eigenvalue weighted by molar-refractivity contribution is 6.05. The molecule has 2 rings (SSSR count). The van der Waals surface area contributed by atoms with Gasteiger partial charge in [-0.1, -0.05) is 0 Å². The molecule has 0 aliphatic carbocycles. The summed E-state index contributed by atoms with van der Waals surface area (Å²) in [4.78, 5) is 23.6. The molecule has 0 aromatic heterocycles. The van der Waals surface area contributed by atoms with Crippen molar-refractivity contribution >= 4 is 11.8 Å². The van der Waals surface area contributed by atoms with Crippen LogP contribution in [0.1, 0.15) is 17.9 Å². The van der Waals surface area contributed by atoms with E-state index in [1.807, 2.05) is 0 Å². The molecular formula is C11H8F3NO2. The van der Waals surface area contributed by atoms with E-state index in [1.165, 1.54) is 7.05 Å². The highest BCUT2D eigenvalue weighted by Gasteiger charge is 2.40. The van der Waals surface area contributed by atoms with Crippen molar-refractivity contribution < 1.29 is 22.8 Å². The lowest BCUT2D eigenvalue weighted by Crippen LogP contribution is -2.25. The minimum absolute atomic E-state index is 0.297. The van der Waals surface area contributed by atoms with Gasteiger partial charge in [-0.05, 0) is 0 Å². The standard InChI is InChI=1S/C11H8F3NO2/c1-15-9(16)4-6(11(15)17)10-7(13)2-5(12)3-8(10)14/h2-3,6H,4H2,1H3. The molecule has 1 aliphatic rings. The fourth-order valence-electron chi connectivity index (χ4n) is 1.87. The first-order chi connectivity index (χ1) is 7.91. The summed E-state index contributed by atoms with van der Waals surface area (Å²) in [6, 6.07) is 0.989. The normalized spacial score (nSPS) is 20.2. The molecule has 2 amide bonds. The van der Waals surface area contributed by atoms with Gasteiger partial charge < -0.3 is 0 Å². The molecule has 0 spiro atoms. The van der Waals surface area contributed by atoms with Crippen molar-refractivity contribution in [3.63, 3.8) is 0 Å². The number of amides is 2. The van der Waals surface area contributed by atoms with Crippen LogP contribution in [-0.4, -0.2) is 23.8 Å². The zero-order valence-electron chi connectivity index (χ0n) is 8.84. The summed E-state index contributed by atoms with van der Waals surface area (Å²) in [6.07, 6.45) is -0.297. The van der Waals surface area contributed by atoms with E-state index in [9.17, 15) is 22.8 Å². The summed E-state index contributed by atoms with van der Waals surface area (Å²) in [6.45, 7) is 0. The van der Waals surface area contributed by atoms with Crippen LogP contribution in [0, 0.1) is 17.5 Å². The van der Waals surface area contributed by atoms with Gasteiger partial charge in [-0.2, -0.15) is 0 Å². The summed E-state index contributed by atoms with van der Waals surface area (Å²) >= 11 is 0. The van der Waals surface area contributed by atoms with Gasteiger partial charge in [0.05, 0.1) is 5.92 Å². The van der Waals surface area contributed by atoms with Crippen molar-refractivity contribution in [1.82, 2.24) is 4.90 Å². The van der Waals surface area contributed by atoms with Crippen LogP contribution in [-0.2, 0) is 9.59 Å². The van der Waals surface area contributed by atoms with Gasteiger partial charge in [0.15, 0.2) is 0 Å². The number of benzene rings is 1. The largest absolute Gasteiger partial charge is 0.285 e. The summed E-state index contributed by atoms with van der Waals surface area (Å²) in [5.41, 5.74) is -0.547. The van der Waals surface area contributed by atoms with Crippen molar-refractivity contribution in [1.29, 1.82) is 0 Å². The Hall–Kier alpha value is -1.85. The average Bonchev–Trinajstić information content (AvgIpc) is 2.45. The maximum atomic E-state index is 13.4. The van der Waals surface area contributed by atoms with Crippen molar-refractivity contribution in [2.24, 2.45) is 0 Å². The van der Waals surface area contributed by atoms with Crippen LogP contribution < -0.4 is 0 Å². The van der Waals surface area contributed by atoms with E-state index >= 15 is 0 Å². The highest BCUT2D eigenvalue weighted by atomic mass is 19.1. The van der Waals surface area contributed by atoms with Crippen LogP contribution in [0.3, 0.4) is 0 Å². The molecule has 1 aromatic rings. The third-order valence-corrected chi connectivity index (χ3v) is 2.77. The summed E-state index contributed by atoms with van der Waals surface area (Å²) in [5, 5.41) is 0. The van der Waals surface area contributed by atoms with Gasteiger partial charge in [-0.15, -0.1) is 0 Å². The molecular weight excluding hydrogens is 235 g/mol. The highest BCUT2D eigenvalue weighted by Crippen LogP contribution is 2.32. The topological polar surface area (TPSA) is 37.4 Å². The fraction of sp³-hybridized carbons (Fsp3) is 0.273. The summed E-state index contributed by atoms with van der Waals surface area (Å²) in [7, 11) is 1.24. The minimum Gasteiger partial charge on any atom is -0.285 e. The smallest absolute Gasteiger partial charge is 0.237 e. The van der Waals surface area contributed by atoms with E-state index in [0.717, 1.165) is 4.90 Å². The number of imide groups is 1. The van der Waals surface area contributed by atoms with Crippen LogP contribution in [0.5, 0.6) is 0 Å². The average molecular weight is 243 g/mol. The molecule has 90 valence electrons. The number of carbonyl (C=O) groups excluding carboxylic acids is 2. The Morgan fingerprint density at radius 2 is 1.71 bits per heavy atom. The molecule has 17 heavy (non-hydrogen) atoms. The van der Waals surface area contributed by atoms with E-state index in [1.54, 1.807) is 0 Å². The van der Waals surface area contributed by atoms with Crippen molar-refractivity contribution in [3.8, 4) is 0 Å². The quantitative estimate of drug-likeness (QED) is 0.702. The number of rotatable bonds is 1. The SMILES string of the molecule is CN1C(=O)CC(c2c(F)cc(F)cc2F)C1=O. The molecule has 0 N–H and O–H groups in total. The minimum atomic E-state index is -1.20. The Bertz CT molecular complexity index is 492. The molecule has 1 fully saturated rings. The number of hydrogen-bond acceptors (Lipinski definition) is 2. The number of hydrogen-bond donors (Lipinski definition) is 0. The van der Waals surface area contributed by atoms with Crippen molar-refractivity contribution in [3.05, 3.63) is 35.1 Å². The number of nitrogens with zero attached hydrogens (tertiary/aromatic N) is 1. The second-order valence-electron chi connectivity index (χ2n) is 3.83. The van der Waals surface area contributed by atoms with E-state index in [2.05, 4.69) is 0 Å². The molecule has 3 nitrogen and oxygen atoms in total. The van der Waals surface area contributed by atoms with E-state index in [4.69, 9.17) is 0 Å². The monoisotopic (exact) mass is 243 g/mol. The number of halogens is 3. The lowest BCUT2D eigenvalue weighted by molar-refractivity contribution is -0.137. The molecule has 1 saturated heterocycles. The zero-order valence-corrected chi connectivity index (χ0v) is 8.84. The Labute approximate surface area is 94.8 Å². The van der Waals surface area contributed by atoms with Gasteiger partial charge in [0, 0.05) is 31.2 Å². The molecule has 6 heteroatoms. The maximum Gasteiger partial charge on any atom is 0.237 e. The molecule has 1 aliphatic heterocycles. The Morgan fingerprint density at radius 1 is 1.18 bits per heavy atom. The van der Waals surface area contributed by atoms with Crippen LogP contribution in [0.4, 0.5) is 13.2 Å². The Morgan fingerprint density at radius 3 is 2.12 bits per heavy atom. The van der Waals surface area contributed by atoms with E-state index in [0.29, 0.717) is 12.1 Å². The van der Waals surface area contributed by atoms with Gasteiger partial charge in [0.2, 0.25) is 11.8 Å². The second kappa shape index (κ2) is 3.87. The van der Waals surface area contributed by atoms with Crippen LogP contribution in [0.25, 0.3) is 0 Å². The van der Waals surface area contributed by atoms with Crippen molar-refractivity contribution in [2.75, 3.05) is 7.05 Å². The second-order valence-corrected chi connectivity index (χ2v) is 3.83. The first kappa shape index (κ1) is 11.6. The van der Waals surface area contributed by atoms with Gasteiger partial charge >= 0.3 is 0 Å². The summed E-state index contributed by atoms with van der Waals surface area (Å²) < 4.78 is 39.6. The van der Waals surface area contributed by atoms with E-state index < -0.39 is 40.7 Å². The van der Waals surface area contributed by atoms with Crippen LogP contribution in [0.15, 0.2) is 12.1 Å². The third kappa shape index (κ3) is 1.79. The number of carbonyl (C=O) groups is 2. The first-order valence-electron chi connectivity index (χ1n) is 4.86. The molecule has 0 bridgehead atoms. The molecule has 1 atom stereocenters. The zero-order chi connectivity index (χ0) is 12.7. The van der Waals surface area contributed by atoms with E-state index in [-0.39, 0.29) is 6.42 Å². The molecule has 0 radical (unpaired) electrons. The molecule has 1 heterocycles. The lowest BCUT2D eigenvalue weighted by Gasteiger charge is -2.11. The predicted molar refractivity (Wildman–Crippen MR) is 51.5 cm³/mol. The molecule has 1 aromatic carbocycles. The van der Waals surface area contributed by atoms with Gasteiger partial charge in [0.1, 0.15) is 17.5 Å². The number of likely N-dealkylation sites (tertiary alicyclic amines) is 1. The van der Waals surface area contributed by atoms with Crippen molar-refractivity contribution in [2.45, 2.75) is 12.3 Å². The third-order valence-electron chi connectivity index (χ3n) is 2.77. The summed E-state index contributed by atoms with van der Waals surface area (Å²) in [5.74, 6) is -5.75. The van der Waals surface area contributed by atoms with Gasteiger partial charge in [-0.3, -0.25) is 14.5 Å². The first-order valence-corrected chi connectivity index (χ1v) is 4.86. The van der Waals surface area contributed by atoms with Crippen LogP contribution in [0.2, 0.25) is 0 Å². The molecule has 0 saturated carbocycles. The fourth-order valence-corrected chi connectivity index (χ4v) is 1.87. The maximum absolute atomic E-state index is 13.4. The Balaban J connectivity index is 2.49. The van der Waals surface area contributed by atoms with Gasteiger partial charge in [-0.25, -0.2) is 13.2 Å². The number of likely N-dealkylation sites (N-methyl/N-ethyl adjacent to an activating group) is 1. The van der Waals surface area contributed by atoms with Crippen LogP contribution >= 0.6 is 0 Å². The molecule has 1 unspecified atom stereocenters. The lowest BCUT2D eigenvalue weighted by atomic mass is 9.96. The predicted octanol–water partition coefficient (Wildman–Crippen LogP) is 1.58.